The Labute approximate surface area is 115 Å². The number of hydrogen-bond donors (Lipinski definition) is 2. The first kappa shape index (κ1) is 13.0. The number of benzene rings is 1. The number of aromatic nitrogens is 1. The normalized spacial score (nSPS) is 10.2. The number of rotatable bonds is 4. The van der Waals surface area contributed by atoms with Crippen LogP contribution in [0.15, 0.2) is 36.5 Å². The quantitative estimate of drug-likeness (QED) is 0.668. The summed E-state index contributed by atoms with van der Waals surface area (Å²) in [4.78, 5) is 4.01. The van der Waals surface area contributed by atoms with Gasteiger partial charge in [0, 0.05) is 17.3 Å². The molecule has 0 aliphatic heterocycles. The predicted molar refractivity (Wildman–Crippen MR) is 72.8 cm³/mol. The second kappa shape index (κ2) is 5.91. The summed E-state index contributed by atoms with van der Waals surface area (Å²) >= 11 is 11.9. The minimum Gasteiger partial charge on any atom is -0.487 e. The van der Waals surface area contributed by atoms with Crippen LogP contribution in [0.3, 0.4) is 0 Å². The fourth-order valence-electron chi connectivity index (χ4n) is 1.39. The number of nitrogens with one attached hydrogen (secondary N) is 1. The van der Waals surface area contributed by atoms with Crippen molar-refractivity contribution in [1.29, 1.82) is 0 Å². The Morgan fingerprint density at radius 2 is 2.06 bits per heavy atom. The number of halogens is 2. The fraction of sp³-hybridized carbons (Fsp3) is 0.0833. The molecule has 1 aromatic heterocycles. The van der Waals surface area contributed by atoms with E-state index in [9.17, 15) is 0 Å². The Morgan fingerprint density at radius 3 is 2.83 bits per heavy atom. The highest BCUT2D eigenvalue weighted by atomic mass is 35.5. The summed E-state index contributed by atoms with van der Waals surface area (Å²) in [7, 11) is 0. The number of anilines is 1. The van der Waals surface area contributed by atoms with E-state index >= 15 is 0 Å². The summed E-state index contributed by atoms with van der Waals surface area (Å²) in [6.45, 7) is 0.358. The van der Waals surface area contributed by atoms with Crippen molar-refractivity contribution in [3.8, 4) is 5.75 Å². The molecular formula is C12H11Cl2N3O. The molecule has 0 aliphatic carbocycles. The second-order valence-corrected chi connectivity index (χ2v) is 4.40. The van der Waals surface area contributed by atoms with Crippen LogP contribution in [0.2, 0.25) is 10.0 Å². The van der Waals surface area contributed by atoms with Crippen molar-refractivity contribution in [2.75, 3.05) is 5.43 Å². The lowest BCUT2D eigenvalue weighted by atomic mass is 10.3. The maximum Gasteiger partial charge on any atom is 0.140 e. The van der Waals surface area contributed by atoms with Gasteiger partial charge in [-0.25, -0.2) is 10.8 Å². The van der Waals surface area contributed by atoms with Crippen LogP contribution >= 0.6 is 23.2 Å². The fourth-order valence-corrected chi connectivity index (χ4v) is 1.73. The van der Waals surface area contributed by atoms with Crippen molar-refractivity contribution < 1.29 is 4.74 Å². The highest BCUT2D eigenvalue weighted by molar-refractivity contribution is 6.34. The molecule has 6 heteroatoms. The van der Waals surface area contributed by atoms with E-state index in [4.69, 9.17) is 33.8 Å². The molecule has 1 heterocycles. The van der Waals surface area contributed by atoms with Crippen LogP contribution in [0.4, 0.5) is 5.82 Å². The molecule has 2 aromatic rings. The first-order valence-corrected chi connectivity index (χ1v) is 5.94. The average Bonchev–Trinajstić information content (AvgIpc) is 2.40. The third kappa shape index (κ3) is 3.26. The number of nitrogens with zero attached hydrogens (tertiary/aromatic N) is 1. The van der Waals surface area contributed by atoms with E-state index in [1.54, 1.807) is 30.5 Å². The molecule has 0 spiro atoms. The van der Waals surface area contributed by atoms with E-state index in [0.29, 0.717) is 28.2 Å². The van der Waals surface area contributed by atoms with Gasteiger partial charge in [0.25, 0.3) is 0 Å². The number of nitrogen functional groups attached to an aromatic ring is 1. The molecule has 0 aliphatic rings. The zero-order chi connectivity index (χ0) is 13.0. The first-order chi connectivity index (χ1) is 8.69. The molecule has 18 heavy (non-hydrogen) atoms. The van der Waals surface area contributed by atoms with E-state index in [0.717, 1.165) is 5.56 Å². The van der Waals surface area contributed by atoms with Crippen molar-refractivity contribution in [1.82, 2.24) is 4.98 Å². The minimum atomic E-state index is 0.358. The molecule has 3 N–H and O–H groups in total. The van der Waals surface area contributed by atoms with Gasteiger partial charge in [-0.2, -0.15) is 0 Å². The van der Waals surface area contributed by atoms with Crippen molar-refractivity contribution >= 4 is 29.0 Å². The van der Waals surface area contributed by atoms with Gasteiger partial charge in [-0.05, 0) is 29.8 Å². The Morgan fingerprint density at radius 1 is 1.22 bits per heavy atom. The Hall–Kier alpha value is -1.49. The Bertz CT molecular complexity index is 549. The van der Waals surface area contributed by atoms with Crippen LogP contribution in [0.25, 0.3) is 0 Å². The molecule has 0 fully saturated rings. The summed E-state index contributed by atoms with van der Waals surface area (Å²) in [5, 5.41) is 1.10. The zero-order valence-electron chi connectivity index (χ0n) is 9.36. The highest BCUT2D eigenvalue weighted by Crippen LogP contribution is 2.28. The van der Waals surface area contributed by atoms with Gasteiger partial charge in [0.15, 0.2) is 0 Å². The molecule has 4 nitrogen and oxygen atoms in total. The van der Waals surface area contributed by atoms with Gasteiger partial charge in [-0.3, -0.25) is 0 Å². The zero-order valence-corrected chi connectivity index (χ0v) is 10.9. The lowest BCUT2D eigenvalue weighted by molar-refractivity contribution is 0.306. The summed E-state index contributed by atoms with van der Waals surface area (Å²) in [5.41, 5.74) is 3.40. The van der Waals surface area contributed by atoms with E-state index in [1.165, 1.54) is 0 Å². The van der Waals surface area contributed by atoms with E-state index in [2.05, 4.69) is 10.4 Å². The molecule has 0 bridgehead atoms. The van der Waals surface area contributed by atoms with Gasteiger partial charge < -0.3 is 10.2 Å². The first-order valence-electron chi connectivity index (χ1n) is 5.18. The third-order valence-corrected chi connectivity index (χ3v) is 2.81. The van der Waals surface area contributed by atoms with Crippen molar-refractivity contribution in [2.24, 2.45) is 5.84 Å². The lowest BCUT2D eigenvalue weighted by Crippen LogP contribution is -2.09. The molecular weight excluding hydrogens is 273 g/mol. The number of hydrogen-bond acceptors (Lipinski definition) is 4. The van der Waals surface area contributed by atoms with Crippen LogP contribution in [0.1, 0.15) is 5.56 Å². The molecule has 0 atom stereocenters. The molecule has 0 radical (unpaired) electrons. The highest BCUT2D eigenvalue weighted by Gasteiger charge is 2.03. The molecule has 0 saturated carbocycles. The van der Waals surface area contributed by atoms with Crippen molar-refractivity contribution in [2.45, 2.75) is 6.61 Å². The number of ether oxygens (including phenoxy) is 1. The largest absolute Gasteiger partial charge is 0.487 e. The van der Waals surface area contributed by atoms with Crippen LogP contribution < -0.4 is 16.0 Å². The summed E-state index contributed by atoms with van der Waals surface area (Å²) < 4.78 is 5.59. The predicted octanol–water partition coefficient (Wildman–Crippen LogP) is 3.25. The maximum atomic E-state index is 5.99. The molecule has 0 saturated heterocycles. The van der Waals surface area contributed by atoms with E-state index in [1.807, 2.05) is 6.07 Å². The van der Waals surface area contributed by atoms with E-state index < -0.39 is 0 Å². The minimum absolute atomic E-state index is 0.358. The van der Waals surface area contributed by atoms with Gasteiger partial charge in [0.2, 0.25) is 0 Å². The maximum absolute atomic E-state index is 5.99. The Kier molecular flexibility index (Phi) is 4.25. The van der Waals surface area contributed by atoms with E-state index in [-0.39, 0.29) is 0 Å². The summed E-state index contributed by atoms with van der Waals surface area (Å²) in [6, 6.07) is 8.70. The summed E-state index contributed by atoms with van der Waals surface area (Å²) in [5.74, 6) is 6.40. The van der Waals surface area contributed by atoms with Crippen molar-refractivity contribution in [3.63, 3.8) is 0 Å². The number of nitrogens with two attached hydrogens (primary N) is 1. The van der Waals surface area contributed by atoms with Gasteiger partial charge in [-0.15, -0.1) is 0 Å². The lowest BCUT2D eigenvalue weighted by Gasteiger charge is -2.09. The molecule has 2 rings (SSSR count). The topological polar surface area (TPSA) is 60.2 Å². The number of pyridine rings is 1. The second-order valence-electron chi connectivity index (χ2n) is 3.56. The smallest absolute Gasteiger partial charge is 0.140 e. The summed E-state index contributed by atoms with van der Waals surface area (Å²) in [6.07, 6.45) is 1.65. The molecule has 94 valence electrons. The van der Waals surface area contributed by atoms with Crippen LogP contribution in [-0.2, 0) is 6.61 Å². The number of hydrazine groups is 1. The molecule has 0 unspecified atom stereocenters. The monoisotopic (exact) mass is 283 g/mol. The molecule has 0 amide bonds. The van der Waals surface area contributed by atoms with Gasteiger partial charge in [-0.1, -0.05) is 23.2 Å². The average molecular weight is 284 g/mol. The van der Waals surface area contributed by atoms with Gasteiger partial charge in [0.1, 0.15) is 18.2 Å². The van der Waals surface area contributed by atoms with Gasteiger partial charge >= 0.3 is 0 Å². The molecule has 1 aromatic carbocycles. The van der Waals surface area contributed by atoms with Crippen molar-refractivity contribution in [3.05, 3.63) is 52.1 Å². The van der Waals surface area contributed by atoms with Crippen LogP contribution in [-0.4, -0.2) is 4.98 Å². The SMILES string of the molecule is NNc1cc(COc2cc(Cl)ccc2Cl)ccn1. The van der Waals surface area contributed by atoms with Crippen LogP contribution in [0, 0.1) is 0 Å². The van der Waals surface area contributed by atoms with Gasteiger partial charge in [0.05, 0.1) is 5.02 Å². The van der Waals surface area contributed by atoms with Crippen LogP contribution in [0.5, 0.6) is 5.75 Å². The third-order valence-electron chi connectivity index (χ3n) is 2.26. The Balaban J connectivity index is 2.08. The standard InChI is InChI=1S/C12H11Cl2N3O/c13-9-1-2-10(14)11(6-9)18-7-8-3-4-16-12(5-8)17-15/h1-6H,7,15H2,(H,16,17).